The average Bonchev–Trinajstić information content (AvgIpc) is 3.42. The molecule has 2 aromatic carbocycles. The van der Waals surface area contributed by atoms with E-state index in [0.717, 1.165) is 42.8 Å². The number of anilines is 1. The van der Waals surface area contributed by atoms with Crippen molar-refractivity contribution in [3.05, 3.63) is 84.8 Å². The summed E-state index contributed by atoms with van der Waals surface area (Å²) in [5.74, 6) is 0.805. The van der Waals surface area contributed by atoms with Crippen LogP contribution in [0.25, 0.3) is 16.9 Å². The van der Waals surface area contributed by atoms with E-state index in [-0.39, 0.29) is 11.9 Å². The molecule has 1 aliphatic rings. The quantitative estimate of drug-likeness (QED) is 0.552. The Bertz CT molecular complexity index is 1150. The molecule has 1 amide bonds. The van der Waals surface area contributed by atoms with Gasteiger partial charge in [-0.15, -0.1) is 0 Å². The molecule has 1 unspecified atom stereocenters. The van der Waals surface area contributed by atoms with Crippen LogP contribution in [0.1, 0.15) is 18.4 Å². The minimum Gasteiger partial charge on any atom is -0.323 e. The zero-order valence-corrected chi connectivity index (χ0v) is 16.6. The van der Waals surface area contributed by atoms with Crippen LogP contribution >= 0.6 is 0 Å². The van der Waals surface area contributed by atoms with Gasteiger partial charge in [0, 0.05) is 6.54 Å². The Hall–Kier alpha value is -3.51. The third-order valence-electron chi connectivity index (χ3n) is 5.61. The summed E-state index contributed by atoms with van der Waals surface area (Å²) in [7, 11) is 0. The first-order valence-corrected chi connectivity index (χ1v) is 10.3. The third-order valence-corrected chi connectivity index (χ3v) is 5.61. The van der Waals surface area contributed by atoms with Crippen molar-refractivity contribution in [1.29, 1.82) is 0 Å². The van der Waals surface area contributed by atoms with Gasteiger partial charge in [-0.1, -0.05) is 42.5 Å². The number of nitrogens with zero attached hydrogens (tertiary/aromatic N) is 4. The molecule has 1 aliphatic heterocycles. The van der Waals surface area contributed by atoms with Crippen LogP contribution in [0.3, 0.4) is 0 Å². The number of fused-ring (bicyclic) bond motifs is 1. The lowest BCUT2D eigenvalue weighted by molar-refractivity contribution is -0.120. The molecule has 6 heteroatoms. The molecule has 1 saturated heterocycles. The second-order valence-electron chi connectivity index (χ2n) is 7.61. The number of likely N-dealkylation sites (tertiary alicyclic amines) is 1. The molecular weight excluding hydrogens is 374 g/mol. The largest absolute Gasteiger partial charge is 0.323 e. The summed E-state index contributed by atoms with van der Waals surface area (Å²) in [6.07, 6.45) is 5.39. The fraction of sp³-hybridized carbons (Fsp3) is 0.208. The number of carbonyl (C=O) groups is 1. The minimum atomic E-state index is -0.109. The molecule has 2 aromatic heterocycles. The molecule has 1 fully saturated rings. The number of para-hydroxylation sites is 2. The number of aromatic nitrogens is 3. The Labute approximate surface area is 175 Å². The number of carbonyl (C=O) groups excluding carboxylic acids is 1. The Morgan fingerprint density at radius 1 is 1.00 bits per heavy atom. The van der Waals surface area contributed by atoms with Gasteiger partial charge in [0.2, 0.25) is 5.91 Å². The topological polar surface area (TPSA) is 63.1 Å². The number of nitrogens with one attached hydrogen (secondary N) is 1. The molecule has 0 saturated carbocycles. The highest BCUT2D eigenvalue weighted by Crippen LogP contribution is 2.22. The highest BCUT2D eigenvalue weighted by molar-refractivity contribution is 5.95. The maximum Gasteiger partial charge on any atom is 0.241 e. The van der Waals surface area contributed by atoms with Crippen molar-refractivity contribution in [3.63, 3.8) is 0 Å². The normalized spacial score (nSPS) is 16.7. The molecule has 1 atom stereocenters. The van der Waals surface area contributed by atoms with Crippen LogP contribution in [0, 0.1) is 0 Å². The summed E-state index contributed by atoms with van der Waals surface area (Å²) in [4.78, 5) is 24.1. The summed E-state index contributed by atoms with van der Waals surface area (Å²) >= 11 is 0. The number of hydrogen-bond donors (Lipinski definition) is 1. The van der Waals surface area contributed by atoms with E-state index in [0.29, 0.717) is 5.69 Å². The Morgan fingerprint density at radius 3 is 2.67 bits per heavy atom. The number of benzene rings is 2. The zero-order chi connectivity index (χ0) is 20.3. The van der Waals surface area contributed by atoms with E-state index in [1.165, 1.54) is 5.56 Å². The van der Waals surface area contributed by atoms with Crippen molar-refractivity contribution >= 4 is 22.6 Å². The second-order valence-corrected chi connectivity index (χ2v) is 7.61. The summed E-state index contributed by atoms with van der Waals surface area (Å²) in [6.45, 7) is 1.74. The van der Waals surface area contributed by atoms with E-state index < -0.39 is 0 Å². The van der Waals surface area contributed by atoms with Gasteiger partial charge in [-0.25, -0.2) is 9.97 Å². The lowest BCUT2D eigenvalue weighted by Gasteiger charge is -2.23. The summed E-state index contributed by atoms with van der Waals surface area (Å²) in [6, 6.07) is 21.9. The van der Waals surface area contributed by atoms with Gasteiger partial charge >= 0.3 is 0 Å². The van der Waals surface area contributed by atoms with Gasteiger partial charge in [-0.2, -0.15) is 0 Å². The Balaban J connectivity index is 1.28. The number of amides is 1. The molecular formula is C24H23N5O. The van der Waals surface area contributed by atoms with Gasteiger partial charge in [0.1, 0.15) is 12.1 Å². The highest BCUT2D eigenvalue weighted by Gasteiger charge is 2.30. The first-order chi connectivity index (χ1) is 14.8. The van der Waals surface area contributed by atoms with Crippen LogP contribution in [-0.2, 0) is 11.3 Å². The van der Waals surface area contributed by atoms with E-state index in [4.69, 9.17) is 0 Å². The molecule has 3 heterocycles. The predicted molar refractivity (Wildman–Crippen MR) is 117 cm³/mol. The monoisotopic (exact) mass is 397 g/mol. The van der Waals surface area contributed by atoms with Crippen LogP contribution < -0.4 is 5.32 Å². The standard InChI is InChI=1S/C24H23N5O/c30-24(22-11-6-14-28(22)16-18-7-2-1-3-8-18)27-19-12-13-23(25-15-19)29-17-26-20-9-4-5-10-21(20)29/h1-5,7-10,12-13,15,17,22H,6,11,14,16H2,(H,27,30). The van der Waals surface area contributed by atoms with Crippen LogP contribution in [0.5, 0.6) is 0 Å². The highest BCUT2D eigenvalue weighted by atomic mass is 16.2. The molecule has 150 valence electrons. The molecule has 5 rings (SSSR count). The average molecular weight is 397 g/mol. The van der Waals surface area contributed by atoms with Crippen molar-refractivity contribution in [2.45, 2.75) is 25.4 Å². The van der Waals surface area contributed by atoms with E-state index in [2.05, 4.69) is 32.3 Å². The fourth-order valence-electron chi connectivity index (χ4n) is 4.10. The number of rotatable bonds is 5. The van der Waals surface area contributed by atoms with E-state index >= 15 is 0 Å². The third kappa shape index (κ3) is 3.69. The van der Waals surface area contributed by atoms with Crippen LogP contribution in [0.4, 0.5) is 5.69 Å². The van der Waals surface area contributed by atoms with Crippen molar-refractivity contribution in [1.82, 2.24) is 19.4 Å². The van der Waals surface area contributed by atoms with Gasteiger partial charge in [0.05, 0.1) is 29.0 Å². The number of hydrogen-bond acceptors (Lipinski definition) is 4. The van der Waals surface area contributed by atoms with Crippen LogP contribution in [0.15, 0.2) is 79.3 Å². The molecule has 30 heavy (non-hydrogen) atoms. The number of pyridine rings is 1. The maximum absolute atomic E-state index is 12.9. The van der Waals surface area contributed by atoms with E-state index in [9.17, 15) is 4.79 Å². The van der Waals surface area contributed by atoms with Gasteiger partial charge < -0.3 is 5.32 Å². The first kappa shape index (κ1) is 18.5. The van der Waals surface area contributed by atoms with E-state index in [1.54, 1.807) is 12.5 Å². The lowest BCUT2D eigenvalue weighted by atomic mass is 10.1. The molecule has 0 bridgehead atoms. The molecule has 0 radical (unpaired) electrons. The predicted octanol–water partition coefficient (Wildman–Crippen LogP) is 4.02. The van der Waals surface area contributed by atoms with Crippen molar-refractivity contribution in [2.24, 2.45) is 0 Å². The second kappa shape index (κ2) is 8.08. The summed E-state index contributed by atoms with van der Waals surface area (Å²) < 4.78 is 1.94. The maximum atomic E-state index is 12.9. The van der Waals surface area contributed by atoms with Gasteiger partial charge in [-0.05, 0) is 49.2 Å². The molecule has 0 spiro atoms. The van der Waals surface area contributed by atoms with Crippen LogP contribution in [-0.4, -0.2) is 37.9 Å². The molecule has 1 N–H and O–H groups in total. The fourth-order valence-corrected chi connectivity index (χ4v) is 4.10. The van der Waals surface area contributed by atoms with E-state index in [1.807, 2.05) is 59.2 Å². The summed E-state index contributed by atoms with van der Waals surface area (Å²) in [5, 5.41) is 3.04. The molecule has 6 nitrogen and oxygen atoms in total. The van der Waals surface area contributed by atoms with Crippen LogP contribution in [0.2, 0.25) is 0 Å². The van der Waals surface area contributed by atoms with Crippen molar-refractivity contribution < 1.29 is 4.79 Å². The smallest absolute Gasteiger partial charge is 0.241 e. The SMILES string of the molecule is O=C(Nc1ccc(-n2cnc3ccccc32)nc1)C1CCCN1Cc1ccccc1. The van der Waals surface area contributed by atoms with Gasteiger partial charge in [0.25, 0.3) is 0 Å². The summed E-state index contributed by atoms with van der Waals surface area (Å²) in [5.41, 5.74) is 3.87. The molecule has 4 aromatic rings. The first-order valence-electron chi connectivity index (χ1n) is 10.3. The lowest BCUT2D eigenvalue weighted by Crippen LogP contribution is -2.39. The number of imidazole rings is 1. The Morgan fingerprint density at radius 2 is 1.83 bits per heavy atom. The zero-order valence-electron chi connectivity index (χ0n) is 16.6. The van der Waals surface area contributed by atoms with Gasteiger partial charge in [-0.3, -0.25) is 14.3 Å². The van der Waals surface area contributed by atoms with Gasteiger partial charge in [0.15, 0.2) is 0 Å². The minimum absolute atomic E-state index is 0.0334. The Kier molecular flexibility index (Phi) is 4.99. The van der Waals surface area contributed by atoms with Crippen molar-refractivity contribution in [3.8, 4) is 5.82 Å². The molecule has 0 aliphatic carbocycles. The van der Waals surface area contributed by atoms with Crippen molar-refractivity contribution in [2.75, 3.05) is 11.9 Å².